The van der Waals surface area contributed by atoms with E-state index in [1.54, 1.807) is 12.1 Å². The monoisotopic (exact) mass is 329 g/mol. The molecule has 1 saturated heterocycles. The normalized spacial score (nSPS) is 18.7. The van der Waals surface area contributed by atoms with Gasteiger partial charge in [-0.3, -0.25) is 9.58 Å². The Kier molecular flexibility index (Phi) is 4.69. The molecule has 2 heterocycles. The largest absolute Gasteiger partial charge is 0.478 e. The van der Waals surface area contributed by atoms with Crippen molar-refractivity contribution in [2.75, 3.05) is 19.8 Å². The molecule has 6 heteroatoms. The fourth-order valence-electron chi connectivity index (χ4n) is 3.35. The molecular formula is C18H23N3O3. The van der Waals surface area contributed by atoms with Crippen LogP contribution in [-0.4, -0.2) is 45.5 Å². The molecule has 1 aromatic carbocycles. The summed E-state index contributed by atoms with van der Waals surface area (Å²) in [6, 6.07) is 7.27. The van der Waals surface area contributed by atoms with E-state index in [9.17, 15) is 4.79 Å². The average Bonchev–Trinajstić information content (AvgIpc) is 2.81. The maximum atomic E-state index is 11.0. The van der Waals surface area contributed by atoms with Crippen LogP contribution in [0.5, 0.6) is 0 Å². The minimum atomic E-state index is -0.896. The smallest absolute Gasteiger partial charge is 0.335 e. The lowest BCUT2D eigenvalue weighted by atomic mass is 10.0. The molecule has 1 atom stereocenters. The van der Waals surface area contributed by atoms with E-state index in [-0.39, 0.29) is 6.04 Å². The third-order valence-corrected chi connectivity index (χ3v) is 4.72. The van der Waals surface area contributed by atoms with Crippen LogP contribution in [0.1, 0.15) is 38.9 Å². The summed E-state index contributed by atoms with van der Waals surface area (Å²) in [4.78, 5) is 13.4. The van der Waals surface area contributed by atoms with E-state index in [0.29, 0.717) is 18.8 Å². The van der Waals surface area contributed by atoms with Crippen molar-refractivity contribution in [2.45, 2.75) is 26.4 Å². The summed E-state index contributed by atoms with van der Waals surface area (Å²) >= 11 is 0. The number of carboxylic acids is 1. The van der Waals surface area contributed by atoms with E-state index in [1.165, 1.54) is 5.56 Å². The summed E-state index contributed by atoms with van der Waals surface area (Å²) < 4.78 is 7.63. The summed E-state index contributed by atoms with van der Waals surface area (Å²) in [7, 11) is 1.96. The topological polar surface area (TPSA) is 67.6 Å². The first kappa shape index (κ1) is 16.7. The van der Waals surface area contributed by atoms with Gasteiger partial charge < -0.3 is 9.84 Å². The molecular weight excluding hydrogens is 306 g/mol. The zero-order valence-electron chi connectivity index (χ0n) is 14.3. The molecule has 1 fully saturated rings. The van der Waals surface area contributed by atoms with Crippen molar-refractivity contribution < 1.29 is 14.6 Å². The average molecular weight is 329 g/mol. The highest BCUT2D eigenvalue weighted by molar-refractivity contribution is 5.87. The highest BCUT2D eigenvalue weighted by Crippen LogP contribution is 2.30. The number of aryl methyl sites for hydroxylation is 2. The third kappa shape index (κ3) is 3.20. The van der Waals surface area contributed by atoms with E-state index < -0.39 is 5.97 Å². The maximum Gasteiger partial charge on any atom is 0.335 e. The summed E-state index contributed by atoms with van der Waals surface area (Å²) in [6.07, 6.45) is 0. The number of ether oxygens (including phenoxy) is 1. The lowest BCUT2D eigenvalue weighted by Crippen LogP contribution is -2.39. The molecule has 1 aromatic heterocycles. The molecule has 128 valence electrons. The predicted octanol–water partition coefficient (Wildman–Crippen LogP) is 2.31. The Hall–Kier alpha value is -2.18. The van der Waals surface area contributed by atoms with Gasteiger partial charge in [0.1, 0.15) is 0 Å². The minimum Gasteiger partial charge on any atom is -0.478 e. The molecule has 24 heavy (non-hydrogen) atoms. The zero-order valence-corrected chi connectivity index (χ0v) is 14.3. The maximum absolute atomic E-state index is 11.0. The quantitative estimate of drug-likeness (QED) is 0.932. The number of aromatic carboxylic acids is 1. The molecule has 6 nitrogen and oxygen atoms in total. The molecule has 1 N–H and O–H groups in total. The second kappa shape index (κ2) is 6.75. The van der Waals surface area contributed by atoms with Gasteiger partial charge in [0.25, 0.3) is 0 Å². The van der Waals surface area contributed by atoms with Crippen LogP contribution in [-0.2, 0) is 18.3 Å². The molecule has 0 spiro atoms. The van der Waals surface area contributed by atoms with Crippen LogP contribution in [0, 0.1) is 13.8 Å². The number of benzene rings is 1. The minimum absolute atomic E-state index is 0.173. The first-order valence-corrected chi connectivity index (χ1v) is 8.11. The zero-order chi connectivity index (χ0) is 17.3. The van der Waals surface area contributed by atoms with Gasteiger partial charge in [-0.2, -0.15) is 5.10 Å². The Morgan fingerprint density at radius 3 is 2.62 bits per heavy atom. The number of carboxylic acid groups (broad SMARTS) is 1. The van der Waals surface area contributed by atoms with Crippen LogP contribution >= 0.6 is 0 Å². The number of hydrogen-bond acceptors (Lipinski definition) is 4. The Labute approximate surface area is 141 Å². The predicted molar refractivity (Wildman–Crippen MR) is 90.1 cm³/mol. The highest BCUT2D eigenvalue weighted by Gasteiger charge is 2.29. The first-order chi connectivity index (χ1) is 11.5. The van der Waals surface area contributed by atoms with Crippen molar-refractivity contribution in [1.29, 1.82) is 0 Å². The van der Waals surface area contributed by atoms with Crippen molar-refractivity contribution in [3.8, 4) is 0 Å². The molecule has 3 rings (SSSR count). The van der Waals surface area contributed by atoms with Gasteiger partial charge in [0.2, 0.25) is 0 Å². The Balaban J connectivity index is 1.83. The Morgan fingerprint density at radius 1 is 1.33 bits per heavy atom. The fourth-order valence-corrected chi connectivity index (χ4v) is 3.35. The molecule has 1 unspecified atom stereocenters. The molecule has 1 aliphatic heterocycles. The van der Waals surface area contributed by atoms with Crippen LogP contribution in [0.4, 0.5) is 0 Å². The molecule has 0 bridgehead atoms. The molecule has 0 aliphatic carbocycles. The number of aromatic nitrogens is 2. The molecule has 2 aromatic rings. The van der Waals surface area contributed by atoms with Gasteiger partial charge in [-0.25, -0.2) is 4.79 Å². The molecule has 1 aliphatic rings. The number of carbonyl (C=O) groups is 1. The van der Waals surface area contributed by atoms with Crippen LogP contribution in [0.25, 0.3) is 0 Å². The van der Waals surface area contributed by atoms with Crippen molar-refractivity contribution in [1.82, 2.24) is 14.7 Å². The summed E-state index contributed by atoms with van der Waals surface area (Å²) in [6.45, 7) is 7.10. The van der Waals surface area contributed by atoms with Crippen molar-refractivity contribution in [2.24, 2.45) is 7.05 Å². The van der Waals surface area contributed by atoms with Crippen LogP contribution in [0.3, 0.4) is 0 Å². The van der Waals surface area contributed by atoms with E-state index in [0.717, 1.165) is 30.0 Å². The fraction of sp³-hybridized carbons (Fsp3) is 0.444. The van der Waals surface area contributed by atoms with E-state index in [1.807, 2.05) is 30.8 Å². The molecule has 0 radical (unpaired) electrons. The SMILES string of the molecule is Cc1nn(C)c(C)c1C1COCCN1Cc1ccc(C(=O)O)cc1. The van der Waals surface area contributed by atoms with Gasteiger partial charge >= 0.3 is 5.97 Å². The number of nitrogens with zero attached hydrogens (tertiary/aromatic N) is 3. The van der Waals surface area contributed by atoms with E-state index in [4.69, 9.17) is 9.84 Å². The van der Waals surface area contributed by atoms with E-state index >= 15 is 0 Å². The van der Waals surface area contributed by atoms with Gasteiger partial charge in [-0.05, 0) is 31.5 Å². The van der Waals surface area contributed by atoms with Crippen molar-refractivity contribution in [3.63, 3.8) is 0 Å². The van der Waals surface area contributed by atoms with Crippen molar-refractivity contribution >= 4 is 5.97 Å². The molecule has 0 amide bonds. The standard InChI is InChI=1S/C18H23N3O3/c1-12-17(13(2)20(3)19-12)16-11-24-9-8-21(16)10-14-4-6-15(7-5-14)18(22)23/h4-7,16H,8-11H2,1-3H3,(H,22,23). The highest BCUT2D eigenvalue weighted by atomic mass is 16.5. The summed E-state index contributed by atoms with van der Waals surface area (Å²) in [5, 5.41) is 13.5. The van der Waals surface area contributed by atoms with Crippen LogP contribution < -0.4 is 0 Å². The third-order valence-electron chi connectivity index (χ3n) is 4.72. The second-order valence-electron chi connectivity index (χ2n) is 6.27. The van der Waals surface area contributed by atoms with Gasteiger partial charge in [0.15, 0.2) is 0 Å². The Morgan fingerprint density at radius 2 is 2.04 bits per heavy atom. The first-order valence-electron chi connectivity index (χ1n) is 8.11. The number of morpholine rings is 1. The molecule has 0 saturated carbocycles. The Bertz CT molecular complexity index is 737. The lowest BCUT2D eigenvalue weighted by molar-refractivity contribution is -0.0132. The summed E-state index contributed by atoms with van der Waals surface area (Å²) in [5.74, 6) is -0.896. The second-order valence-corrected chi connectivity index (χ2v) is 6.27. The van der Waals surface area contributed by atoms with Gasteiger partial charge in [-0.15, -0.1) is 0 Å². The van der Waals surface area contributed by atoms with Crippen molar-refractivity contribution in [3.05, 3.63) is 52.3 Å². The van der Waals surface area contributed by atoms with Crippen LogP contribution in [0.2, 0.25) is 0 Å². The van der Waals surface area contributed by atoms with Gasteiger partial charge in [-0.1, -0.05) is 12.1 Å². The lowest BCUT2D eigenvalue weighted by Gasteiger charge is -2.36. The summed E-state index contributed by atoms with van der Waals surface area (Å²) in [5.41, 5.74) is 4.85. The van der Waals surface area contributed by atoms with Gasteiger partial charge in [0.05, 0.1) is 30.5 Å². The number of hydrogen-bond donors (Lipinski definition) is 1. The van der Waals surface area contributed by atoms with Crippen LogP contribution in [0.15, 0.2) is 24.3 Å². The van der Waals surface area contributed by atoms with Gasteiger partial charge in [0, 0.05) is 31.4 Å². The van der Waals surface area contributed by atoms with E-state index in [2.05, 4.69) is 16.9 Å². The number of rotatable bonds is 4.